The van der Waals surface area contributed by atoms with Gasteiger partial charge in [0.25, 0.3) is 0 Å². The van der Waals surface area contributed by atoms with Crippen molar-refractivity contribution in [3.63, 3.8) is 0 Å². The second-order valence-corrected chi connectivity index (χ2v) is 9.61. The average Bonchev–Trinajstić information content (AvgIpc) is 2.70. The van der Waals surface area contributed by atoms with Crippen LogP contribution in [0.3, 0.4) is 0 Å². The van der Waals surface area contributed by atoms with E-state index in [1.807, 2.05) is 24.3 Å². The maximum absolute atomic E-state index is 12.7. The molecule has 9 heteroatoms. The summed E-state index contributed by atoms with van der Waals surface area (Å²) in [5, 5.41) is 1.16. The molecule has 1 fully saturated rings. The summed E-state index contributed by atoms with van der Waals surface area (Å²) >= 11 is 11.7. The van der Waals surface area contributed by atoms with Gasteiger partial charge in [-0.1, -0.05) is 35.3 Å². The molecule has 2 aromatic rings. The zero-order valence-corrected chi connectivity index (χ0v) is 18.3. The number of hydrogen-bond acceptors (Lipinski definition) is 4. The fraction of sp³-hybridized carbons (Fsp3) is 0.350. The summed E-state index contributed by atoms with van der Waals surface area (Å²) in [7, 11) is -3.79. The number of halogens is 2. The van der Waals surface area contributed by atoms with E-state index >= 15 is 0 Å². The Morgan fingerprint density at radius 1 is 0.966 bits per heavy atom. The van der Waals surface area contributed by atoms with Gasteiger partial charge in [0.05, 0.1) is 10.9 Å². The van der Waals surface area contributed by atoms with Gasteiger partial charge in [0.2, 0.25) is 15.9 Å². The molecular weight excluding hydrogens is 433 g/mol. The number of benzene rings is 2. The van der Waals surface area contributed by atoms with Crippen molar-refractivity contribution in [3.05, 3.63) is 64.1 Å². The van der Waals surface area contributed by atoms with Crippen LogP contribution < -0.4 is 4.72 Å². The molecule has 2 aromatic carbocycles. The highest BCUT2D eigenvalue weighted by Crippen LogP contribution is 2.16. The molecule has 0 aliphatic carbocycles. The van der Waals surface area contributed by atoms with Crippen molar-refractivity contribution in [1.82, 2.24) is 14.5 Å². The molecular formula is C20H23Cl2N3O3S. The molecule has 1 amide bonds. The molecule has 0 saturated carbocycles. The number of nitrogens with zero attached hydrogens (tertiary/aromatic N) is 2. The average molecular weight is 456 g/mol. The smallest absolute Gasteiger partial charge is 0.241 e. The largest absolute Gasteiger partial charge is 0.339 e. The number of rotatable bonds is 6. The van der Waals surface area contributed by atoms with Gasteiger partial charge in [-0.25, -0.2) is 8.42 Å². The molecule has 3 rings (SSSR count). The second-order valence-electron chi connectivity index (χ2n) is 7.02. The predicted octanol–water partition coefficient (Wildman–Crippen LogP) is 3.00. The molecule has 6 nitrogen and oxygen atoms in total. The van der Waals surface area contributed by atoms with Gasteiger partial charge in [-0.15, -0.1) is 0 Å². The zero-order valence-electron chi connectivity index (χ0n) is 16.0. The Labute approximate surface area is 181 Å². The van der Waals surface area contributed by atoms with E-state index in [0.717, 1.165) is 19.6 Å². The van der Waals surface area contributed by atoms with Crippen molar-refractivity contribution >= 4 is 39.1 Å². The quantitative estimate of drug-likeness (QED) is 0.726. The Kier molecular flexibility index (Phi) is 7.19. The number of piperazine rings is 1. The van der Waals surface area contributed by atoms with E-state index in [4.69, 9.17) is 23.2 Å². The molecule has 156 valence electrons. The Bertz CT molecular complexity index is 942. The molecule has 1 N–H and O–H groups in total. The standard InChI is InChI=1S/C20H23Cl2N3O3S/c1-15(23-29(27,28)19-8-6-18(22)7-9-19)20(26)25-12-10-24(11-13-25)14-16-2-4-17(21)5-3-16/h2-9,15,23H,10-14H2,1H3/t15-/m0/s1. The number of sulfonamides is 1. The topological polar surface area (TPSA) is 69.7 Å². The fourth-order valence-corrected chi connectivity index (χ4v) is 4.66. The van der Waals surface area contributed by atoms with E-state index in [0.29, 0.717) is 23.1 Å². The summed E-state index contributed by atoms with van der Waals surface area (Å²) < 4.78 is 27.4. The van der Waals surface area contributed by atoms with Crippen molar-refractivity contribution in [2.45, 2.75) is 24.4 Å². The number of amides is 1. The number of hydrogen-bond donors (Lipinski definition) is 1. The van der Waals surface area contributed by atoms with Crippen LogP contribution >= 0.6 is 23.2 Å². The van der Waals surface area contributed by atoms with Crippen LogP contribution in [0.25, 0.3) is 0 Å². The lowest BCUT2D eigenvalue weighted by Gasteiger charge is -2.36. The van der Waals surface area contributed by atoms with Crippen molar-refractivity contribution in [3.8, 4) is 0 Å². The maximum Gasteiger partial charge on any atom is 0.241 e. The third-order valence-electron chi connectivity index (χ3n) is 4.83. The van der Waals surface area contributed by atoms with Crippen LogP contribution in [0.1, 0.15) is 12.5 Å². The summed E-state index contributed by atoms with van der Waals surface area (Å²) in [5.41, 5.74) is 1.17. The Morgan fingerprint density at radius 2 is 1.48 bits per heavy atom. The van der Waals surface area contributed by atoms with Crippen LogP contribution in [-0.2, 0) is 21.4 Å². The third kappa shape index (κ3) is 5.93. The third-order valence-corrected chi connectivity index (χ3v) is 6.89. The molecule has 0 bridgehead atoms. The van der Waals surface area contributed by atoms with Crippen LogP contribution in [0.2, 0.25) is 10.0 Å². The molecule has 0 spiro atoms. The first-order chi connectivity index (χ1) is 13.7. The molecule has 1 atom stereocenters. The summed E-state index contributed by atoms with van der Waals surface area (Å²) in [6.45, 7) is 4.92. The van der Waals surface area contributed by atoms with E-state index in [1.54, 1.807) is 11.8 Å². The van der Waals surface area contributed by atoms with Crippen LogP contribution in [0.4, 0.5) is 0 Å². The van der Waals surface area contributed by atoms with E-state index in [2.05, 4.69) is 9.62 Å². The Morgan fingerprint density at radius 3 is 2.03 bits per heavy atom. The van der Waals surface area contributed by atoms with Crippen LogP contribution in [-0.4, -0.2) is 56.3 Å². The summed E-state index contributed by atoms with van der Waals surface area (Å²) in [6.07, 6.45) is 0. The van der Waals surface area contributed by atoms with Gasteiger partial charge in [-0.05, 0) is 48.9 Å². The number of carbonyl (C=O) groups excluding carboxylic acids is 1. The van der Waals surface area contributed by atoms with E-state index in [9.17, 15) is 13.2 Å². The summed E-state index contributed by atoms with van der Waals surface area (Å²) in [6, 6.07) is 12.7. The number of nitrogens with one attached hydrogen (secondary N) is 1. The molecule has 0 radical (unpaired) electrons. The van der Waals surface area contributed by atoms with E-state index in [1.165, 1.54) is 29.8 Å². The van der Waals surface area contributed by atoms with Gasteiger partial charge in [-0.3, -0.25) is 9.69 Å². The molecule has 29 heavy (non-hydrogen) atoms. The van der Waals surface area contributed by atoms with Gasteiger partial charge in [0, 0.05) is 42.8 Å². The predicted molar refractivity (Wildman–Crippen MR) is 115 cm³/mol. The first-order valence-corrected chi connectivity index (χ1v) is 11.5. The fourth-order valence-electron chi connectivity index (χ4n) is 3.21. The van der Waals surface area contributed by atoms with Crippen molar-refractivity contribution in [2.24, 2.45) is 0 Å². The lowest BCUT2D eigenvalue weighted by atomic mass is 10.2. The molecule has 1 aliphatic rings. The molecule has 1 aliphatic heterocycles. The summed E-state index contributed by atoms with van der Waals surface area (Å²) in [4.78, 5) is 16.7. The van der Waals surface area contributed by atoms with Gasteiger partial charge in [-0.2, -0.15) is 4.72 Å². The SMILES string of the molecule is C[C@H](NS(=O)(=O)c1ccc(Cl)cc1)C(=O)N1CCN(Cc2ccc(Cl)cc2)CC1. The van der Waals surface area contributed by atoms with Gasteiger partial charge in [0.1, 0.15) is 0 Å². The minimum absolute atomic E-state index is 0.0781. The minimum Gasteiger partial charge on any atom is -0.339 e. The zero-order chi connectivity index (χ0) is 21.0. The Balaban J connectivity index is 1.53. The first-order valence-electron chi connectivity index (χ1n) is 9.28. The lowest BCUT2D eigenvalue weighted by molar-refractivity contribution is -0.134. The molecule has 1 saturated heterocycles. The second kappa shape index (κ2) is 9.45. The highest BCUT2D eigenvalue weighted by molar-refractivity contribution is 7.89. The van der Waals surface area contributed by atoms with Gasteiger partial charge < -0.3 is 4.90 Å². The van der Waals surface area contributed by atoms with Crippen LogP contribution in [0.15, 0.2) is 53.4 Å². The van der Waals surface area contributed by atoms with Crippen molar-refractivity contribution in [2.75, 3.05) is 26.2 Å². The van der Waals surface area contributed by atoms with E-state index < -0.39 is 16.1 Å². The normalized spacial score (nSPS) is 16.6. The molecule has 1 heterocycles. The highest BCUT2D eigenvalue weighted by Gasteiger charge is 2.28. The van der Waals surface area contributed by atoms with Crippen molar-refractivity contribution < 1.29 is 13.2 Å². The van der Waals surface area contributed by atoms with Gasteiger partial charge in [0.15, 0.2) is 0 Å². The molecule has 0 aromatic heterocycles. The summed E-state index contributed by atoms with van der Waals surface area (Å²) in [5.74, 6) is -0.228. The van der Waals surface area contributed by atoms with Crippen LogP contribution in [0, 0.1) is 0 Å². The van der Waals surface area contributed by atoms with Gasteiger partial charge >= 0.3 is 0 Å². The monoisotopic (exact) mass is 455 g/mol. The highest BCUT2D eigenvalue weighted by atomic mass is 35.5. The minimum atomic E-state index is -3.79. The Hall–Kier alpha value is -1.64. The van der Waals surface area contributed by atoms with Crippen molar-refractivity contribution in [1.29, 1.82) is 0 Å². The van der Waals surface area contributed by atoms with Crippen LogP contribution in [0.5, 0.6) is 0 Å². The molecule has 0 unspecified atom stereocenters. The van der Waals surface area contributed by atoms with E-state index in [-0.39, 0.29) is 10.8 Å². The maximum atomic E-state index is 12.7. The number of carbonyl (C=O) groups is 1. The first kappa shape index (κ1) is 22.1. The lowest BCUT2D eigenvalue weighted by Crippen LogP contribution is -2.53.